The molecule has 6 heteroatoms. The van der Waals surface area contributed by atoms with Gasteiger partial charge in [0.25, 0.3) is 15.0 Å². The van der Waals surface area contributed by atoms with E-state index >= 15 is 0 Å². The van der Waals surface area contributed by atoms with Gasteiger partial charge in [0.05, 0.1) is 4.90 Å². The molecule has 0 fully saturated rings. The van der Waals surface area contributed by atoms with Gasteiger partial charge in [0, 0.05) is 29.8 Å². The standard InChI is InChI=1S/C12H14ClNO3S/c1-9(2)8-14(3)12(15)10-4-6-11(7-5-10)18(13,16)17/h4-7H,1,8H2,2-3H3. The van der Waals surface area contributed by atoms with E-state index in [0.717, 1.165) is 5.57 Å². The molecule has 0 aliphatic heterocycles. The van der Waals surface area contributed by atoms with Crippen molar-refractivity contribution in [3.8, 4) is 0 Å². The van der Waals surface area contributed by atoms with Crippen LogP contribution in [0.15, 0.2) is 41.3 Å². The van der Waals surface area contributed by atoms with E-state index in [0.29, 0.717) is 12.1 Å². The van der Waals surface area contributed by atoms with Crippen molar-refractivity contribution in [2.24, 2.45) is 0 Å². The largest absolute Gasteiger partial charge is 0.338 e. The van der Waals surface area contributed by atoms with Crippen LogP contribution in [0.3, 0.4) is 0 Å². The smallest absolute Gasteiger partial charge is 0.261 e. The van der Waals surface area contributed by atoms with Crippen LogP contribution in [0, 0.1) is 0 Å². The van der Waals surface area contributed by atoms with Crippen LogP contribution in [-0.2, 0) is 9.05 Å². The van der Waals surface area contributed by atoms with Crippen molar-refractivity contribution >= 4 is 25.6 Å². The summed E-state index contributed by atoms with van der Waals surface area (Å²) in [6, 6.07) is 5.49. The summed E-state index contributed by atoms with van der Waals surface area (Å²) < 4.78 is 22.1. The highest BCUT2D eigenvalue weighted by molar-refractivity contribution is 8.13. The van der Waals surface area contributed by atoms with Crippen molar-refractivity contribution in [2.45, 2.75) is 11.8 Å². The molecular formula is C12H14ClNO3S. The number of likely N-dealkylation sites (N-methyl/N-ethyl adjacent to an activating group) is 1. The maximum atomic E-state index is 11.9. The third kappa shape index (κ3) is 3.85. The molecule has 1 rings (SSSR count). The molecule has 0 aliphatic rings. The molecule has 0 radical (unpaired) electrons. The summed E-state index contributed by atoms with van der Waals surface area (Å²) in [6.07, 6.45) is 0. The Morgan fingerprint density at radius 1 is 1.33 bits per heavy atom. The summed E-state index contributed by atoms with van der Waals surface area (Å²) >= 11 is 0. The molecule has 0 heterocycles. The third-order valence-electron chi connectivity index (χ3n) is 2.24. The molecule has 0 N–H and O–H groups in total. The van der Waals surface area contributed by atoms with Gasteiger partial charge in [0.1, 0.15) is 0 Å². The van der Waals surface area contributed by atoms with Gasteiger partial charge in [0.2, 0.25) is 0 Å². The summed E-state index contributed by atoms with van der Waals surface area (Å²) in [6.45, 7) is 6.01. The Bertz CT molecular complexity index is 563. The van der Waals surface area contributed by atoms with Crippen LogP contribution in [0.1, 0.15) is 17.3 Å². The van der Waals surface area contributed by atoms with E-state index in [-0.39, 0.29) is 10.8 Å². The average molecular weight is 288 g/mol. The number of hydrogen-bond donors (Lipinski definition) is 0. The minimum atomic E-state index is -3.75. The van der Waals surface area contributed by atoms with Crippen molar-refractivity contribution in [1.82, 2.24) is 4.90 Å². The minimum Gasteiger partial charge on any atom is -0.338 e. The molecular weight excluding hydrogens is 274 g/mol. The number of benzene rings is 1. The Morgan fingerprint density at radius 3 is 2.22 bits per heavy atom. The molecule has 4 nitrogen and oxygen atoms in total. The Balaban J connectivity index is 2.92. The van der Waals surface area contributed by atoms with Gasteiger partial charge in [-0.1, -0.05) is 12.2 Å². The second kappa shape index (κ2) is 5.54. The topological polar surface area (TPSA) is 54.5 Å². The third-order valence-corrected chi connectivity index (χ3v) is 3.61. The lowest BCUT2D eigenvalue weighted by Gasteiger charge is -2.17. The fourth-order valence-electron chi connectivity index (χ4n) is 1.46. The molecule has 1 aromatic rings. The molecule has 1 amide bonds. The molecule has 0 aliphatic carbocycles. The normalized spacial score (nSPS) is 11.1. The van der Waals surface area contributed by atoms with E-state index in [1.165, 1.54) is 29.2 Å². The fourth-order valence-corrected chi connectivity index (χ4v) is 2.23. The first-order valence-electron chi connectivity index (χ1n) is 5.16. The minimum absolute atomic E-state index is 0.0247. The summed E-state index contributed by atoms with van der Waals surface area (Å²) in [4.78, 5) is 13.4. The first kappa shape index (κ1) is 14.7. The fraction of sp³-hybridized carbons (Fsp3) is 0.250. The van der Waals surface area contributed by atoms with Crippen molar-refractivity contribution in [3.05, 3.63) is 42.0 Å². The van der Waals surface area contributed by atoms with Gasteiger partial charge >= 0.3 is 0 Å². The highest BCUT2D eigenvalue weighted by Gasteiger charge is 2.14. The molecule has 0 aromatic heterocycles. The van der Waals surface area contributed by atoms with Crippen molar-refractivity contribution in [1.29, 1.82) is 0 Å². The average Bonchev–Trinajstić information content (AvgIpc) is 2.26. The van der Waals surface area contributed by atoms with Crippen molar-refractivity contribution in [3.63, 3.8) is 0 Å². The van der Waals surface area contributed by atoms with Crippen LogP contribution >= 0.6 is 10.7 Å². The number of nitrogens with zero attached hydrogens (tertiary/aromatic N) is 1. The summed E-state index contributed by atoms with van der Waals surface area (Å²) in [5, 5.41) is 0. The highest BCUT2D eigenvalue weighted by Crippen LogP contribution is 2.16. The van der Waals surface area contributed by atoms with Gasteiger partial charge in [-0.25, -0.2) is 8.42 Å². The lowest BCUT2D eigenvalue weighted by Crippen LogP contribution is -2.28. The van der Waals surface area contributed by atoms with Crippen LogP contribution in [0.25, 0.3) is 0 Å². The van der Waals surface area contributed by atoms with Crippen molar-refractivity contribution < 1.29 is 13.2 Å². The van der Waals surface area contributed by atoms with E-state index < -0.39 is 9.05 Å². The molecule has 18 heavy (non-hydrogen) atoms. The van der Waals surface area contributed by atoms with Gasteiger partial charge in [0.15, 0.2) is 0 Å². The van der Waals surface area contributed by atoms with Crippen LogP contribution in [0.2, 0.25) is 0 Å². The van der Waals surface area contributed by atoms with Gasteiger partial charge < -0.3 is 4.90 Å². The number of carbonyl (C=O) groups excluding carboxylic acids is 1. The maximum absolute atomic E-state index is 11.9. The van der Waals surface area contributed by atoms with Crippen LogP contribution in [0.4, 0.5) is 0 Å². The monoisotopic (exact) mass is 287 g/mol. The van der Waals surface area contributed by atoms with Crippen LogP contribution in [-0.4, -0.2) is 32.8 Å². The van der Waals surface area contributed by atoms with E-state index in [2.05, 4.69) is 6.58 Å². The Morgan fingerprint density at radius 2 is 1.83 bits per heavy atom. The molecule has 0 saturated carbocycles. The zero-order chi connectivity index (χ0) is 13.9. The number of amides is 1. The van der Waals surface area contributed by atoms with E-state index in [9.17, 15) is 13.2 Å². The zero-order valence-corrected chi connectivity index (χ0v) is 11.8. The molecule has 0 spiro atoms. The molecule has 1 aromatic carbocycles. The first-order valence-corrected chi connectivity index (χ1v) is 7.47. The number of carbonyl (C=O) groups is 1. The van der Waals surface area contributed by atoms with Gasteiger partial charge in [-0.05, 0) is 31.2 Å². The molecule has 0 unspecified atom stereocenters. The van der Waals surface area contributed by atoms with E-state index in [1.807, 2.05) is 6.92 Å². The predicted molar refractivity (Wildman–Crippen MR) is 71.3 cm³/mol. The molecule has 0 saturated heterocycles. The van der Waals surface area contributed by atoms with Crippen LogP contribution < -0.4 is 0 Å². The Kier molecular flexibility index (Phi) is 4.53. The molecule has 0 bridgehead atoms. The zero-order valence-electron chi connectivity index (χ0n) is 10.2. The predicted octanol–water partition coefficient (Wildman–Crippen LogP) is 2.26. The SMILES string of the molecule is C=C(C)CN(C)C(=O)c1ccc(S(=O)(=O)Cl)cc1. The second-order valence-electron chi connectivity index (χ2n) is 4.08. The summed E-state index contributed by atoms with van der Waals surface area (Å²) in [7, 11) is 3.09. The van der Waals surface area contributed by atoms with E-state index in [4.69, 9.17) is 10.7 Å². The number of halogens is 1. The highest BCUT2D eigenvalue weighted by atomic mass is 35.7. The van der Waals surface area contributed by atoms with Crippen molar-refractivity contribution in [2.75, 3.05) is 13.6 Å². The molecule has 98 valence electrons. The lowest BCUT2D eigenvalue weighted by atomic mass is 10.2. The van der Waals surface area contributed by atoms with Gasteiger partial charge in [-0.3, -0.25) is 4.79 Å². The number of hydrogen-bond acceptors (Lipinski definition) is 3. The maximum Gasteiger partial charge on any atom is 0.261 e. The van der Waals surface area contributed by atoms with Crippen LogP contribution in [0.5, 0.6) is 0 Å². The quantitative estimate of drug-likeness (QED) is 0.630. The number of rotatable bonds is 4. The summed E-state index contributed by atoms with van der Waals surface area (Å²) in [5.41, 5.74) is 1.27. The Hall–Kier alpha value is -1.33. The molecule has 0 atom stereocenters. The van der Waals surface area contributed by atoms with Gasteiger partial charge in [-0.15, -0.1) is 0 Å². The summed E-state index contributed by atoms with van der Waals surface area (Å²) in [5.74, 6) is -0.198. The lowest BCUT2D eigenvalue weighted by molar-refractivity contribution is 0.0807. The second-order valence-corrected chi connectivity index (χ2v) is 6.65. The Labute approximate surface area is 111 Å². The first-order chi connectivity index (χ1) is 8.21. The van der Waals surface area contributed by atoms with E-state index in [1.54, 1.807) is 7.05 Å². The van der Waals surface area contributed by atoms with Gasteiger partial charge in [-0.2, -0.15) is 0 Å².